The summed E-state index contributed by atoms with van der Waals surface area (Å²) < 4.78 is 0. The van der Waals surface area contributed by atoms with Crippen molar-refractivity contribution in [3.05, 3.63) is 42.1 Å². The minimum absolute atomic E-state index is 0.0201. The summed E-state index contributed by atoms with van der Waals surface area (Å²) in [5, 5.41) is 4.93. The van der Waals surface area contributed by atoms with Crippen LogP contribution in [0.5, 0.6) is 0 Å². The maximum Gasteiger partial charge on any atom is 0.252 e. The number of pyridine rings is 1. The van der Waals surface area contributed by atoms with Gasteiger partial charge in [-0.3, -0.25) is 9.78 Å². The number of nitrogens with zero attached hydrogens (tertiary/aromatic N) is 1. The normalized spacial score (nSPS) is 13.1. The zero-order valence-electron chi connectivity index (χ0n) is 12.7. The summed E-state index contributed by atoms with van der Waals surface area (Å²) >= 11 is 3.47. The molecule has 112 valence electrons. The summed E-state index contributed by atoms with van der Waals surface area (Å²) in [5.74, 6) is -0.0329. The van der Waals surface area contributed by atoms with Crippen molar-refractivity contribution in [1.29, 1.82) is 0 Å². The van der Waals surface area contributed by atoms with Crippen LogP contribution in [0.4, 0.5) is 0 Å². The minimum Gasteiger partial charge on any atom is -0.349 e. The zero-order chi connectivity index (χ0) is 15.5. The van der Waals surface area contributed by atoms with Crippen molar-refractivity contribution >= 4 is 32.7 Å². The molecule has 0 saturated heterocycles. The molecule has 1 aromatic heterocycles. The van der Waals surface area contributed by atoms with E-state index in [0.29, 0.717) is 5.56 Å². The summed E-state index contributed by atoms with van der Waals surface area (Å²) in [7, 11) is 0. The highest BCUT2D eigenvalue weighted by Crippen LogP contribution is 2.24. The molecule has 4 heteroatoms. The van der Waals surface area contributed by atoms with Crippen LogP contribution in [0.2, 0.25) is 0 Å². The molecule has 0 bridgehead atoms. The highest BCUT2D eigenvalue weighted by Gasteiger charge is 2.26. The van der Waals surface area contributed by atoms with Gasteiger partial charge in [-0.05, 0) is 24.0 Å². The van der Waals surface area contributed by atoms with Gasteiger partial charge in [0, 0.05) is 23.0 Å². The van der Waals surface area contributed by atoms with Gasteiger partial charge in [0.15, 0.2) is 0 Å². The topological polar surface area (TPSA) is 42.0 Å². The molecule has 1 heterocycles. The molecule has 0 aliphatic heterocycles. The number of hydrogen-bond donors (Lipinski definition) is 1. The van der Waals surface area contributed by atoms with E-state index >= 15 is 0 Å². The highest BCUT2D eigenvalue weighted by atomic mass is 79.9. The molecular formula is C17H21BrN2O. The van der Waals surface area contributed by atoms with E-state index in [0.717, 1.165) is 22.7 Å². The second-order valence-electron chi connectivity index (χ2n) is 6.25. The number of rotatable bonds is 4. The van der Waals surface area contributed by atoms with Crippen molar-refractivity contribution < 1.29 is 4.79 Å². The largest absolute Gasteiger partial charge is 0.349 e. The molecule has 0 spiro atoms. The molecule has 2 aromatic rings. The van der Waals surface area contributed by atoms with Crippen LogP contribution < -0.4 is 5.32 Å². The Kier molecular flexibility index (Phi) is 4.99. The second kappa shape index (κ2) is 6.56. The summed E-state index contributed by atoms with van der Waals surface area (Å²) in [5.41, 5.74) is 1.55. The van der Waals surface area contributed by atoms with Crippen LogP contribution in [0.1, 0.15) is 37.6 Å². The lowest BCUT2D eigenvalue weighted by Crippen LogP contribution is -2.44. The van der Waals surface area contributed by atoms with Crippen molar-refractivity contribution in [1.82, 2.24) is 10.3 Å². The van der Waals surface area contributed by atoms with Crippen LogP contribution >= 0.6 is 15.9 Å². The third-order valence-electron chi connectivity index (χ3n) is 3.64. The van der Waals surface area contributed by atoms with Gasteiger partial charge in [-0.15, -0.1) is 0 Å². The van der Waals surface area contributed by atoms with Gasteiger partial charge in [-0.1, -0.05) is 54.9 Å². The Balaban J connectivity index is 2.30. The predicted molar refractivity (Wildman–Crippen MR) is 90.9 cm³/mol. The van der Waals surface area contributed by atoms with Crippen molar-refractivity contribution in [3.8, 4) is 0 Å². The zero-order valence-corrected chi connectivity index (χ0v) is 14.3. The fraction of sp³-hybridized carbons (Fsp3) is 0.412. The van der Waals surface area contributed by atoms with Crippen LogP contribution in [-0.2, 0) is 0 Å². The number of nitrogens with one attached hydrogen (secondary N) is 1. The van der Waals surface area contributed by atoms with Gasteiger partial charge in [-0.25, -0.2) is 0 Å². The SMILES string of the molecule is CC(C)(C)C(CCBr)NC(=O)c1ccnc2ccccc12. The fourth-order valence-corrected chi connectivity index (χ4v) is 2.82. The average Bonchev–Trinajstić information content (AvgIpc) is 2.45. The number of carbonyl (C=O) groups excluding carboxylic acids is 1. The number of para-hydroxylation sites is 1. The number of aromatic nitrogens is 1. The smallest absolute Gasteiger partial charge is 0.252 e. The van der Waals surface area contributed by atoms with E-state index in [1.165, 1.54) is 0 Å². The summed E-state index contributed by atoms with van der Waals surface area (Å²) in [6, 6.07) is 9.63. The van der Waals surface area contributed by atoms with Crippen LogP contribution in [0, 0.1) is 5.41 Å². The highest BCUT2D eigenvalue weighted by molar-refractivity contribution is 9.09. The Morgan fingerprint density at radius 2 is 2.00 bits per heavy atom. The van der Waals surface area contributed by atoms with E-state index < -0.39 is 0 Å². The standard InChI is InChI=1S/C17H21BrN2O/c1-17(2,3)15(8-10-18)20-16(21)13-9-11-19-14-7-5-4-6-12(13)14/h4-7,9,11,15H,8,10H2,1-3H3,(H,20,21). The molecule has 21 heavy (non-hydrogen) atoms. The molecule has 3 nitrogen and oxygen atoms in total. The number of amides is 1. The molecule has 1 atom stereocenters. The van der Waals surface area contributed by atoms with Gasteiger partial charge in [-0.2, -0.15) is 0 Å². The van der Waals surface area contributed by atoms with Crippen LogP contribution in [0.25, 0.3) is 10.9 Å². The lowest BCUT2D eigenvalue weighted by molar-refractivity contribution is 0.0902. The first-order valence-corrected chi connectivity index (χ1v) is 8.26. The fourth-order valence-electron chi connectivity index (χ4n) is 2.36. The minimum atomic E-state index is -0.0329. The first-order chi connectivity index (χ1) is 9.93. The molecule has 1 unspecified atom stereocenters. The quantitative estimate of drug-likeness (QED) is 0.842. The van der Waals surface area contributed by atoms with Gasteiger partial charge in [0.05, 0.1) is 11.1 Å². The van der Waals surface area contributed by atoms with Crippen LogP contribution in [0.3, 0.4) is 0 Å². The van der Waals surface area contributed by atoms with Crippen molar-refractivity contribution in [2.24, 2.45) is 5.41 Å². The van der Waals surface area contributed by atoms with Gasteiger partial charge in [0.1, 0.15) is 0 Å². The second-order valence-corrected chi connectivity index (χ2v) is 7.04. The summed E-state index contributed by atoms with van der Waals surface area (Å²) in [6.07, 6.45) is 2.59. The number of alkyl halides is 1. The number of halogens is 1. The lowest BCUT2D eigenvalue weighted by Gasteiger charge is -2.31. The molecular weight excluding hydrogens is 328 g/mol. The monoisotopic (exact) mass is 348 g/mol. The first kappa shape index (κ1) is 16.0. The third kappa shape index (κ3) is 3.82. The van der Waals surface area contributed by atoms with Crippen molar-refractivity contribution in [2.75, 3.05) is 5.33 Å². The molecule has 0 radical (unpaired) electrons. The molecule has 2 rings (SSSR count). The molecule has 0 aliphatic carbocycles. The Morgan fingerprint density at radius 1 is 1.29 bits per heavy atom. The van der Waals surface area contributed by atoms with Crippen molar-refractivity contribution in [2.45, 2.75) is 33.2 Å². The first-order valence-electron chi connectivity index (χ1n) is 7.14. The molecule has 1 aromatic carbocycles. The van der Waals surface area contributed by atoms with Gasteiger partial charge in [0.2, 0.25) is 0 Å². The Morgan fingerprint density at radius 3 is 2.67 bits per heavy atom. The average molecular weight is 349 g/mol. The Labute approximate surface area is 134 Å². The number of hydrogen-bond acceptors (Lipinski definition) is 2. The Bertz CT molecular complexity index is 629. The number of benzene rings is 1. The van der Waals surface area contributed by atoms with Crippen LogP contribution in [0.15, 0.2) is 36.5 Å². The summed E-state index contributed by atoms with van der Waals surface area (Å²) in [6.45, 7) is 6.43. The van der Waals surface area contributed by atoms with E-state index in [1.807, 2.05) is 24.3 Å². The van der Waals surface area contributed by atoms with E-state index in [2.05, 4.69) is 47.0 Å². The van der Waals surface area contributed by atoms with E-state index in [1.54, 1.807) is 12.3 Å². The predicted octanol–water partition coefficient (Wildman–Crippen LogP) is 4.16. The van der Waals surface area contributed by atoms with Crippen LogP contribution in [-0.4, -0.2) is 22.3 Å². The molecule has 0 fully saturated rings. The van der Waals surface area contributed by atoms with E-state index in [9.17, 15) is 4.79 Å². The van der Waals surface area contributed by atoms with Crippen molar-refractivity contribution in [3.63, 3.8) is 0 Å². The summed E-state index contributed by atoms with van der Waals surface area (Å²) in [4.78, 5) is 16.9. The third-order valence-corrected chi connectivity index (χ3v) is 4.10. The Hall–Kier alpha value is -1.42. The van der Waals surface area contributed by atoms with E-state index in [4.69, 9.17) is 0 Å². The lowest BCUT2D eigenvalue weighted by atomic mass is 9.85. The van der Waals surface area contributed by atoms with Gasteiger partial charge < -0.3 is 5.32 Å². The maximum absolute atomic E-state index is 12.6. The van der Waals surface area contributed by atoms with E-state index in [-0.39, 0.29) is 17.4 Å². The molecule has 1 amide bonds. The van der Waals surface area contributed by atoms with Gasteiger partial charge in [0.25, 0.3) is 5.91 Å². The molecule has 0 aliphatic rings. The van der Waals surface area contributed by atoms with Gasteiger partial charge >= 0.3 is 0 Å². The molecule has 1 N–H and O–H groups in total. The number of carbonyl (C=O) groups is 1. The molecule has 0 saturated carbocycles. The number of fused-ring (bicyclic) bond motifs is 1. The maximum atomic E-state index is 12.6.